The molecule has 1 aromatic heterocycles. The number of hydrogen-bond acceptors (Lipinski definition) is 4. The molecule has 0 bridgehead atoms. The predicted molar refractivity (Wildman–Crippen MR) is 99.1 cm³/mol. The highest BCUT2D eigenvalue weighted by molar-refractivity contribution is 6.08. The van der Waals surface area contributed by atoms with Crippen LogP contribution < -0.4 is 16.0 Å². The van der Waals surface area contributed by atoms with Crippen molar-refractivity contribution < 1.29 is 31.9 Å². The zero-order valence-corrected chi connectivity index (χ0v) is 15.8. The zero-order chi connectivity index (χ0) is 22.4. The Morgan fingerprint density at radius 2 is 1.94 bits per heavy atom. The van der Waals surface area contributed by atoms with Gasteiger partial charge in [-0.3, -0.25) is 19.9 Å². The number of imide groups is 1. The van der Waals surface area contributed by atoms with Crippen LogP contribution in [0.25, 0.3) is 11.1 Å². The molecule has 2 heterocycles. The number of nitrogens with one attached hydrogen (secondary N) is 3. The fraction of sp³-hybridized carbons (Fsp3) is 0.300. The number of hydrogen-bond donors (Lipinski definition) is 3. The van der Waals surface area contributed by atoms with Gasteiger partial charge in [-0.05, 0) is 48.6 Å². The minimum atomic E-state index is -4.63. The molecule has 1 aliphatic heterocycles. The number of carbonyl (C=O) groups excluding carboxylic acids is 3. The van der Waals surface area contributed by atoms with Crippen LogP contribution in [0.1, 0.15) is 28.9 Å². The molecular weight excluding hydrogens is 420 g/mol. The molecule has 7 nitrogen and oxygen atoms in total. The summed E-state index contributed by atoms with van der Waals surface area (Å²) in [6.45, 7) is -0.184. The highest BCUT2D eigenvalue weighted by Crippen LogP contribution is 2.41. The van der Waals surface area contributed by atoms with Gasteiger partial charge in [0.15, 0.2) is 0 Å². The summed E-state index contributed by atoms with van der Waals surface area (Å²) in [5, 5.41) is 7.32. The topological polar surface area (TPSA) is 100 Å². The number of nitrogens with zero attached hydrogens (tertiary/aromatic N) is 1. The first-order valence-corrected chi connectivity index (χ1v) is 9.35. The van der Waals surface area contributed by atoms with Crippen molar-refractivity contribution in [2.75, 3.05) is 6.54 Å². The van der Waals surface area contributed by atoms with Gasteiger partial charge >= 0.3 is 12.2 Å². The number of carbonyl (C=O) groups is 3. The van der Waals surface area contributed by atoms with E-state index in [1.165, 1.54) is 6.07 Å². The number of urea groups is 1. The van der Waals surface area contributed by atoms with Gasteiger partial charge < -0.3 is 10.6 Å². The quantitative estimate of drug-likeness (QED) is 0.496. The maximum atomic E-state index is 13.8. The summed E-state index contributed by atoms with van der Waals surface area (Å²) in [4.78, 5) is 40.1. The third-order valence-electron chi connectivity index (χ3n) is 5.36. The van der Waals surface area contributed by atoms with Gasteiger partial charge in [-0.1, -0.05) is 6.07 Å². The molecule has 11 heteroatoms. The molecule has 1 saturated heterocycles. The van der Waals surface area contributed by atoms with Gasteiger partial charge in [0.25, 0.3) is 11.8 Å². The van der Waals surface area contributed by atoms with Crippen LogP contribution in [0.15, 0.2) is 36.5 Å². The molecule has 1 saturated carbocycles. The van der Waals surface area contributed by atoms with Crippen molar-refractivity contribution in [2.45, 2.75) is 24.6 Å². The summed E-state index contributed by atoms with van der Waals surface area (Å²) >= 11 is 0. The van der Waals surface area contributed by atoms with E-state index in [-0.39, 0.29) is 29.2 Å². The summed E-state index contributed by atoms with van der Waals surface area (Å²) in [5.41, 5.74) is -2.24. The number of alkyl halides is 3. The molecule has 1 aromatic carbocycles. The van der Waals surface area contributed by atoms with Gasteiger partial charge in [-0.25, -0.2) is 9.18 Å². The summed E-state index contributed by atoms with van der Waals surface area (Å²) in [6.07, 6.45) is -2.31. The molecule has 2 aliphatic rings. The first-order chi connectivity index (χ1) is 14.6. The molecule has 162 valence electrons. The SMILES string of the molecule is O=C1NC(=O)[C@](CNC(=O)c2ccc(F)cc2-c2ccc(C(F)(F)F)nc2)(C2CC2)N1. The number of pyridine rings is 1. The van der Waals surface area contributed by atoms with Gasteiger partial charge in [0.05, 0.1) is 6.54 Å². The largest absolute Gasteiger partial charge is 0.433 e. The van der Waals surface area contributed by atoms with Gasteiger partial charge in [-0.15, -0.1) is 0 Å². The maximum absolute atomic E-state index is 13.8. The van der Waals surface area contributed by atoms with Gasteiger partial charge in [0.1, 0.15) is 17.1 Å². The van der Waals surface area contributed by atoms with Crippen molar-refractivity contribution in [1.29, 1.82) is 0 Å². The smallest absolute Gasteiger partial charge is 0.349 e. The molecule has 0 radical (unpaired) electrons. The normalized spacial score (nSPS) is 20.9. The van der Waals surface area contributed by atoms with Gasteiger partial charge in [0.2, 0.25) is 0 Å². The molecule has 4 rings (SSSR count). The minimum Gasteiger partial charge on any atom is -0.349 e. The third kappa shape index (κ3) is 3.94. The van der Waals surface area contributed by atoms with E-state index in [0.29, 0.717) is 12.8 Å². The van der Waals surface area contributed by atoms with Gasteiger partial charge in [0, 0.05) is 17.3 Å². The Morgan fingerprint density at radius 1 is 1.19 bits per heavy atom. The molecular formula is C20H16F4N4O3. The van der Waals surface area contributed by atoms with E-state index in [2.05, 4.69) is 20.9 Å². The fourth-order valence-corrected chi connectivity index (χ4v) is 3.63. The molecule has 1 aliphatic carbocycles. The Labute approximate surface area is 173 Å². The lowest BCUT2D eigenvalue weighted by molar-refractivity contribution is -0.141. The van der Waals surface area contributed by atoms with Crippen LogP contribution in [0.5, 0.6) is 0 Å². The fourth-order valence-electron chi connectivity index (χ4n) is 3.63. The summed E-state index contributed by atoms with van der Waals surface area (Å²) in [5.74, 6) is -2.02. The van der Waals surface area contributed by atoms with Crippen molar-refractivity contribution in [2.24, 2.45) is 5.92 Å². The Hall–Kier alpha value is -3.50. The zero-order valence-electron chi connectivity index (χ0n) is 15.8. The Bertz CT molecular complexity index is 1070. The van der Waals surface area contributed by atoms with Crippen molar-refractivity contribution in [3.05, 3.63) is 53.6 Å². The lowest BCUT2D eigenvalue weighted by Gasteiger charge is -2.26. The van der Waals surface area contributed by atoms with E-state index in [1.54, 1.807) is 0 Å². The van der Waals surface area contributed by atoms with E-state index in [0.717, 1.165) is 30.5 Å². The molecule has 0 spiro atoms. The standard InChI is InChI=1S/C20H16F4N4O3/c21-12-4-5-13(14(7-12)10-1-6-15(25-8-10)20(22,23)24)16(29)26-9-19(11-2-3-11)17(30)27-18(31)28-19/h1,4-8,11H,2-3,9H2,(H,26,29)(H2,27,28,30,31)/t19-/m0/s1. The van der Waals surface area contributed by atoms with E-state index >= 15 is 0 Å². The van der Waals surface area contributed by atoms with Crippen LogP contribution in [-0.2, 0) is 11.0 Å². The summed E-state index contributed by atoms with van der Waals surface area (Å²) < 4.78 is 52.1. The van der Waals surface area contributed by atoms with Crippen LogP contribution >= 0.6 is 0 Å². The van der Waals surface area contributed by atoms with Crippen LogP contribution in [0.2, 0.25) is 0 Å². The Balaban J connectivity index is 1.59. The molecule has 2 aromatic rings. The van der Waals surface area contributed by atoms with Gasteiger partial charge in [-0.2, -0.15) is 13.2 Å². The summed E-state index contributed by atoms with van der Waals surface area (Å²) in [7, 11) is 0. The lowest BCUT2D eigenvalue weighted by atomic mass is 9.93. The maximum Gasteiger partial charge on any atom is 0.433 e. The molecule has 31 heavy (non-hydrogen) atoms. The number of aromatic nitrogens is 1. The molecule has 1 atom stereocenters. The highest BCUT2D eigenvalue weighted by Gasteiger charge is 2.56. The number of rotatable bonds is 5. The van der Waals surface area contributed by atoms with E-state index < -0.39 is 41.1 Å². The van der Waals surface area contributed by atoms with E-state index in [4.69, 9.17) is 0 Å². The second kappa shape index (κ2) is 7.33. The van der Waals surface area contributed by atoms with Crippen LogP contribution in [0, 0.1) is 11.7 Å². The van der Waals surface area contributed by atoms with E-state index in [9.17, 15) is 31.9 Å². The average Bonchev–Trinajstić information content (AvgIpc) is 3.51. The number of halogens is 4. The summed E-state index contributed by atoms with van der Waals surface area (Å²) in [6, 6.07) is 4.43. The molecule has 4 amide bonds. The average molecular weight is 436 g/mol. The first kappa shape index (κ1) is 20.8. The van der Waals surface area contributed by atoms with Crippen molar-refractivity contribution in [3.8, 4) is 11.1 Å². The monoisotopic (exact) mass is 436 g/mol. The van der Waals surface area contributed by atoms with Crippen molar-refractivity contribution >= 4 is 17.8 Å². The van der Waals surface area contributed by atoms with Crippen LogP contribution in [0.4, 0.5) is 22.4 Å². The molecule has 3 N–H and O–H groups in total. The highest BCUT2D eigenvalue weighted by atomic mass is 19.4. The number of benzene rings is 1. The Kier molecular flexibility index (Phi) is 4.91. The third-order valence-corrected chi connectivity index (χ3v) is 5.36. The van der Waals surface area contributed by atoms with Crippen molar-refractivity contribution in [3.63, 3.8) is 0 Å². The second-order valence-electron chi connectivity index (χ2n) is 7.46. The van der Waals surface area contributed by atoms with Crippen LogP contribution in [0.3, 0.4) is 0 Å². The number of amides is 4. The predicted octanol–water partition coefficient (Wildman–Crippen LogP) is 2.62. The Morgan fingerprint density at radius 3 is 2.48 bits per heavy atom. The van der Waals surface area contributed by atoms with Crippen LogP contribution in [-0.4, -0.2) is 34.9 Å². The molecule has 2 fully saturated rings. The lowest BCUT2D eigenvalue weighted by Crippen LogP contribution is -2.57. The molecule has 0 unspecified atom stereocenters. The van der Waals surface area contributed by atoms with Crippen molar-refractivity contribution in [1.82, 2.24) is 20.9 Å². The second-order valence-corrected chi connectivity index (χ2v) is 7.46. The minimum absolute atomic E-state index is 0.0152. The van der Waals surface area contributed by atoms with E-state index in [1.807, 2.05) is 0 Å². The first-order valence-electron chi connectivity index (χ1n) is 9.35.